The summed E-state index contributed by atoms with van der Waals surface area (Å²) in [6, 6.07) is 4.12. The van der Waals surface area contributed by atoms with Crippen molar-refractivity contribution in [3.05, 3.63) is 17.5 Å². The van der Waals surface area contributed by atoms with Crippen molar-refractivity contribution in [3.63, 3.8) is 0 Å². The van der Waals surface area contributed by atoms with E-state index in [1.54, 1.807) is 4.90 Å². The molecule has 5 rings (SSSR count). The third-order valence-corrected chi connectivity index (χ3v) is 8.48. The van der Waals surface area contributed by atoms with E-state index in [9.17, 15) is 14.4 Å². The van der Waals surface area contributed by atoms with Crippen LogP contribution in [0.1, 0.15) is 75.1 Å². The molecule has 4 unspecified atom stereocenters. The summed E-state index contributed by atoms with van der Waals surface area (Å²) in [5.74, 6) is 0.902. The van der Waals surface area contributed by atoms with Crippen LogP contribution in [0.25, 0.3) is 0 Å². The zero-order chi connectivity index (χ0) is 23.1. The van der Waals surface area contributed by atoms with Crippen LogP contribution in [0, 0.1) is 41.9 Å². The van der Waals surface area contributed by atoms with E-state index in [0.29, 0.717) is 31.2 Å². The van der Waals surface area contributed by atoms with Crippen LogP contribution in [0.2, 0.25) is 0 Å². The SMILES string of the molecule is Cc1cc(C2CCC3C(=O)N(C4CCC(=O)NC4=O)CC3C2)nn1CC1CCC(C#N)CC1. The van der Waals surface area contributed by atoms with Gasteiger partial charge in [0.25, 0.3) is 0 Å². The Morgan fingerprint density at radius 3 is 2.64 bits per heavy atom. The number of imide groups is 1. The fraction of sp³-hybridized carbons (Fsp3) is 0.720. The minimum absolute atomic E-state index is 0.00909. The van der Waals surface area contributed by atoms with Crippen molar-refractivity contribution in [1.82, 2.24) is 20.0 Å². The number of rotatable bonds is 4. The molecule has 8 heteroatoms. The minimum Gasteiger partial charge on any atom is -0.330 e. The second-order valence-electron chi connectivity index (χ2n) is 10.6. The first kappa shape index (κ1) is 22.1. The maximum atomic E-state index is 13.1. The van der Waals surface area contributed by atoms with Crippen molar-refractivity contribution in [3.8, 4) is 6.07 Å². The second-order valence-corrected chi connectivity index (χ2v) is 10.6. The fourth-order valence-electron chi connectivity index (χ4n) is 6.51. The minimum atomic E-state index is -0.503. The summed E-state index contributed by atoms with van der Waals surface area (Å²) in [5.41, 5.74) is 2.31. The normalized spacial score (nSPS) is 34.7. The Hall–Kier alpha value is -2.69. The molecule has 1 aromatic rings. The molecule has 1 N–H and O–H groups in total. The van der Waals surface area contributed by atoms with E-state index in [4.69, 9.17) is 10.4 Å². The summed E-state index contributed by atoms with van der Waals surface area (Å²) in [6.07, 6.45) is 7.62. The van der Waals surface area contributed by atoms with Crippen LogP contribution in [0.4, 0.5) is 0 Å². The number of aryl methyl sites for hydroxylation is 1. The number of fused-ring (bicyclic) bond motifs is 1. The first-order valence-electron chi connectivity index (χ1n) is 12.5. The van der Waals surface area contributed by atoms with Gasteiger partial charge in [-0.2, -0.15) is 10.4 Å². The first-order valence-corrected chi connectivity index (χ1v) is 12.5. The van der Waals surface area contributed by atoms with E-state index in [2.05, 4.69) is 29.1 Å². The van der Waals surface area contributed by atoms with E-state index in [1.165, 1.54) is 5.69 Å². The predicted molar refractivity (Wildman–Crippen MR) is 119 cm³/mol. The van der Waals surface area contributed by atoms with Gasteiger partial charge in [0, 0.05) is 43.0 Å². The number of carbonyl (C=O) groups excluding carboxylic acids is 3. The molecule has 0 bridgehead atoms. The van der Waals surface area contributed by atoms with E-state index >= 15 is 0 Å². The van der Waals surface area contributed by atoms with Crippen LogP contribution < -0.4 is 5.32 Å². The molecule has 2 saturated heterocycles. The van der Waals surface area contributed by atoms with Crippen molar-refractivity contribution >= 4 is 17.7 Å². The largest absolute Gasteiger partial charge is 0.330 e. The molecule has 3 heterocycles. The molecule has 33 heavy (non-hydrogen) atoms. The van der Waals surface area contributed by atoms with E-state index in [-0.39, 0.29) is 35.5 Å². The van der Waals surface area contributed by atoms with Gasteiger partial charge in [-0.05, 0) is 76.2 Å². The number of hydrogen-bond acceptors (Lipinski definition) is 5. The average Bonchev–Trinajstić information content (AvgIpc) is 3.33. The average molecular weight is 452 g/mol. The number of piperidine rings is 1. The number of amides is 3. The standard InChI is InChI=1S/C25H33N5O3/c1-15-10-21(28-30(15)13-17-4-2-16(12-26)3-5-17)18-6-7-20-19(11-18)14-29(25(20)33)22-8-9-23(31)27-24(22)32/h10,16-20,22H,2-9,11,13-14H2,1H3,(H,27,31,32). The lowest BCUT2D eigenvalue weighted by molar-refractivity contribution is -0.144. The van der Waals surface area contributed by atoms with Gasteiger partial charge in [-0.25, -0.2) is 0 Å². The van der Waals surface area contributed by atoms with Gasteiger partial charge in [0.1, 0.15) is 6.04 Å². The zero-order valence-corrected chi connectivity index (χ0v) is 19.3. The van der Waals surface area contributed by atoms with Gasteiger partial charge in [0.2, 0.25) is 17.7 Å². The number of nitriles is 1. The van der Waals surface area contributed by atoms with Crippen LogP contribution in [-0.2, 0) is 20.9 Å². The lowest BCUT2D eigenvalue weighted by Crippen LogP contribution is -2.53. The van der Waals surface area contributed by atoms with Gasteiger partial charge in [-0.1, -0.05) is 0 Å². The number of hydrogen-bond donors (Lipinski definition) is 1. The Morgan fingerprint density at radius 2 is 1.91 bits per heavy atom. The monoisotopic (exact) mass is 451 g/mol. The third-order valence-electron chi connectivity index (χ3n) is 8.48. The Bertz CT molecular complexity index is 987. The molecule has 8 nitrogen and oxygen atoms in total. The van der Waals surface area contributed by atoms with Crippen molar-refractivity contribution in [2.75, 3.05) is 6.54 Å². The number of carbonyl (C=O) groups is 3. The van der Waals surface area contributed by atoms with Crippen molar-refractivity contribution in [2.24, 2.45) is 23.7 Å². The maximum Gasteiger partial charge on any atom is 0.249 e. The Labute approximate surface area is 194 Å². The van der Waals surface area contributed by atoms with Crippen molar-refractivity contribution in [2.45, 2.75) is 83.2 Å². The predicted octanol–water partition coefficient (Wildman–Crippen LogP) is 2.67. The Balaban J connectivity index is 1.22. The molecule has 4 aliphatic rings. The van der Waals surface area contributed by atoms with Crippen molar-refractivity contribution < 1.29 is 14.4 Å². The van der Waals surface area contributed by atoms with Crippen LogP contribution in [0.5, 0.6) is 0 Å². The van der Waals surface area contributed by atoms with Crippen LogP contribution in [-0.4, -0.2) is 45.0 Å². The van der Waals surface area contributed by atoms with E-state index in [1.807, 2.05) is 0 Å². The molecule has 0 spiro atoms. The highest BCUT2D eigenvalue weighted by Crippen LogP contribution is 2.44. The molecule has 1 aromatic heterocycles. The summed E-state index contributed by atoms with van der Waals surface area (Å²) in [7, 11) is 0. The first-order chi connectivity index (χ1) is 15.9. The number of nitrogens with one attached hydrogen (secondary N) is 1. The van der Waals surface area contributed by atoms with Crippen LogP contribution in [0.3, 0.4) is 0 Å². The zero-order valence-electron chi connectivity index (χ0n) is 19.3. The summed E-state index contributed by atoms with van der Waals surface area (Å²) >= 11 is 0. The van der Waals surface area contributed by atoms with Gasteiger partial charge >= 0.3 is 0 Å². The van der Waals surface area contributed by atoms with E-state index < -0.39 is 6.04 Å². The Morgan fingerprint density at radius 1 is 1.12 bits per heavy atom. The molecule has 2 aliphatic heterocycles. The molecule has 0 aromatic carbocycles. The maximum absolute atomic E-state index is 13.1. The molecule has 2 aliphatic carbocycles. The van der Waals surface area contributed by atoms with Gasteiger partial charge in [0.15, 0.2) is 0 Å². The van der Waals surface area contributed by atoms with Crippen LogP contribution in [0.15, 0.2) is 6.07 Å². The molecule has 2 saturated carbocycles. The quantitative estimate of drug-likeness (QED) is 0.708. The lowest BCUT2D eigenvalue weighted by Gasteiger charge is -2.29. The van der Waals surface area contributed by atoms with Gasteiger partial charge in [-0.3, -0.25) is 24.4 Å². The number of likely N-dealkylation sites (tertiary alicyclic amines) is 1. The number of aromatic nitrogens is 2. The number of nitrogens with zero attached hydrogens (tertiary/aromatic N) is 4. The Kier molecular flexibility index (Phi) is 5.98. The smallest absolute Gasteiger partial charge is 0.249 e. The summed E-state index contributed by atoms with van der Waals surface area (Å²) in [5, 5.41) is 16.5. The van der Waals surface area contributed by atoms with Crippen LogP contribution >= 0.6 is 0 Å². The third kappa shape index (κ3) is 4.30. The highest BCUT2D eigenvalue weighted by atomic mass is 16.2. The van der Waals surface area contributed by atoms with Gasteiger partial charge < -0.3 is 4.90 Å². The molecule has 3 amide bonds. The van der Waals surface area contributed by atoms with E-state index in [0.717, 1.165) is 57.2 Å². The molecular formula is C25H33N5O3. The second kappa shape index (κ2) is 8.92. The molecular weight excluding hydrogens is 418 g/mol. The van der Waals surface area contributed by atoms with Crippen molar-refractivity contribution in [1.29, 1.82) is 5.26 Å². The summed E-state index contributed by atoms with van der Waals surface area (Å²) < 4.78 is 2.15. The molecule has 4 fully saturated rings. The molecule has 4 atom stereocenters. The van der Waals surface area contributed by atoms with Gasteiger partial charge in [0.05, 0.1) is 11.8 Å². The fourth-order valence-corrected chi connectivity index (χ4v) is 6.51. The highest BCUT2D eigenvalue weighted by Gasteiger charge is 2.48. The summed E-state index contributed by atoms with van der Waals surface area (Å²) in [4.78, 5) is 38.6. The van der Waals surface area contributed by atoms with Gasteiger partial charge in [-0.15, -0.1) is 0 Å². The topological polar surface area (TPSA) is 108 Å². The summed E-state index contributed by atoms with van der Waals surface area (Å²) in [6.45, 7) is 3.64. The highest BCUT2D eigenvalue weighted by molar-refractivity contribution is 6.02. The lowest BCUT2D eigenvalue weighted by atomic mass is 9.74. The molecule has 176 valence electrons. The molecule has 0 radical (unpaired) electrons.